The highest BCUT2D eigenvalue weighted by atomic mass is 16.3. The lowest BCUT2D eigenvalue weighted by Gasteiger charge is -2.17. The van der Waals surface area contributed by atoms with Gasteiger partial charge >= 0.3 is 0 Å². The van der Waals surface area contributed by atoms with E-state index in [1.165, 1.54) is 11.1 Å². The summed E-state index contributed by atoms with van der Waals surface area (Å²) in [6.07, 6.45) is 10.7. The second-order valence-corrected chi connectivity index (χ2v) is 7.90. The van der Waals surface area contributed by atoms with E-state index in [9.17, 15) is 0 Å². The van der Waals surface area contributed by atoms with E-state index in [1.54, 1.807) is 0 Å². The van der Waals surface area contributed by atoms with Crippen molar-refractivity contribution >= 4 is 0 Å². The third kappa shape index (κ3) is 4.58. The molecule has 5 nitrogen and oxygen atoms in total. The molecule has 158 valence electrons. The summed E-state index contributed by atoms with van der Waals surface area (Å²) in [5.74, 6) is 1.76. The Morgan fingerprint density at radius 1 is 0.581 bits per heavy atom. The molecule has 5 heteroatoms. The summed E-state index contributed by atoms with van der Waals surface area (Å²) in [6.45, 7) is 1.94. The van der Waals surface area contributed by atoms with Crippen LogP contribution in [0.15, 0.2) is 89.6 Å². The van der Waals surface area contributed by atoms with Gasteiger partial charge in [0.2, 0.25) is 0 Å². The molecule has 2 aliphatic heterocycles. The zero-order chi connectivity index (χ0) is 20.9. The van der Waals surface area contributed by atoms with Crippen molar-refractivity contribution < 1.29 is 4.42 Å². The van der Waals surface area contributed by atoms with Crippen LogP contribution in [0.4, 0.5) is 0 Å². The molecule has 0 aliphatic carbocycles. The topological polar surface area (TPSA) is 61.3 Å². The van der Waals surface area contributed by atoms with E-state index < -0.39 is 0 Å². The van der Waals surface area contributed by atoms with Crippen LogP contribution in [0.1, 0.15) is 36.3 Å². The molecule has 0 spiro atoms. The second kappa shape index (κ2) is 9.25. The van der Waals surface area contributed by atoms with Crippen LogP contribution in [0.2, 0.25) is 0 Å². The zero-order valence-corrected chi connectivity index (χ0v) is 17.5. The zero-order valence-electron chi connectivity index (χ0n) is 17.5. The third-order valence-corrected chi connectivity index (χ3v) is 5.74. The lowest BCUT2D eigenvalue weighted by atomic mass is 10.1. The maximum Gasteiger partial charge on any atom is 0.134 e. The molecular weight excluding hydrogens is 384 g/mol. The van der Waals surface area contributed by atoms with Gasteiger partial charge in [0.05, 0.1) is 0 Å². The molecular formula is C26H28N4O. The van der Waals surface area contributed by atoms with E-state index in [0.717, 1.165) is 48.6 Å². The molecule has 1 aromatic heterocycles. The van der Waals surface area contributed by atoms with Gasteiger partial charge in [-0.1, -0.05) is 60.7 Å². The fourth-order valence-electron chi connectivity index (χ4n) is 3.99. The smallest absolute Gasteiger partial charge is 0.134 e. The Kier molecular flexibility index (Phi) is 5.87. The third-order valence-electron chi connectivity index (χ3n) is 5.74. The van der Waals surface area contributed by atoms with Crippen LogP contribution in [0.25, 0.3) is 22.6 Å². The first-order valence-corrected chi connectivity index (χ1v) is 11.0. The fourth-order valence-corrected chi connectivity index (χ4v) is 3.99. The Morgan fingerprint density at radius 2 is 1.03 bits per heavy atom. The summed E-state index contributed by atoms with van der Waals surface area (Å²) in [5, 5.41) is 13.8. The number of furan rings is 1. The fraction of sp³-hybridized carbons (Fsp3) is 0.231. The number of nitrogens with one attached hydrogen (secondary N) is 4. The SMILES string of the molecule is C1=CNC(c2ccc(-c3ccc(-c4ccc(C5NC=CCCN5)cc4)o3)cc2)NCC1. The monoisotopic (exact) mass is 412 g/mol. The predicted octanol–water partition coefficient (Wildman–Crippen LogP) is 4.80. The minimum atomic E-state index is 0.145. The van der Waals surface area contributed by atoms with Crippen molar-refractivity contribution in [3.8, 4) is 22.6 Å². The van der Waals surface area contributed by atoms with Crippen molar-refractivity contribution in [1.29, 1.82) is 0 Å². The van der Waals surface area contributed by atoms with Crippen LogP contribution in [-0.4, -0.2) is 13.1 Å². The lowest BCUT2D eigenvalue weighted by molar-refractivity contribution is 0.509. The average molecular weight is 413 g/mol. The molecule has 0 amide bonds. The molecule has 3 heterocycles. The summed E-state index contributed by atoms with van der Waals surface area (Å²) >= 11 is 0. The first-order chi connectivity index (χ1) is 15.4. The van der Waals surface area contributed by atoms with Gasteiger partial charge in [0.15, 0.2) is 0 Å². The van der Waals surface area contributed by atoms with E-state index in [-0.39, 0.29) is 12.3 Å². The van der Waals surface area contributed by atoms with E-state index in [2.05, 4.69) is 82.0 Å². The van der Waals surface area contributed by atoms with Gasteiger partial charge in [-0.25, -0.2) is 0 Å². The maximum absolute atomic E-state index is 6.18. The van der Waals surface area contributed by atoms with Crippen LogP contribution >= 0.6 is 0 Å². The summed E-state index contributed by atoms with van der Waals surface area (Å²) in [6, 6.07) is 21.2. The van der Waals surface area contributed by atoms with E-state index in [4.69, 9.17) is 4.42 Å². The second-order valence-electron chi connectivity index (χ2n) is 7.90. The van der Waals surface area contributed by atoms with E-state index >= 15 is 0 Å². The number of hydrogen-bond acceptors (Lipinski definition) is 5. The molecule has 2 aromatic carbocycles. The Morgan fingerprint density at radius 3 is 1.48 bits per heavy atom. The Balaban J connectivity index is 1.29. The molecule has 0 fully saturated rings. The average Bonchev–Trinajstić information content (AvgIpc) is 3.00. The van der Waals surface area contributed by atoms with Crippen molar-refractivity contribution in [2.75, 3.05) is 13.1 Å². The van der Waals surface area contributed by atoms with Crippen molar-refractivity contribution in [3.63, 3.8) is 0 Å². The van der Waals surface area contributed by atoms with Crippen molar-refractivity contribution in [2.24, 2.45) is 0 Å². The molecule has 5 rings (SSSR count). The molecule has 0 saturated heterocycles. The first kappa shape index (κ1) is 19.7. The first-order valence-electron chi connectivity index (χ1n) is 11.0. The lowest BCUT2D eigenvalue weighted by Crippen LogP contribution is -2.29. The largest absolute Gasteiger partial charge is 0.456 e. The highest BCUT2D eigenvalue weighted by Gasteiger charge is 2.13. The van der Waals surface area contributed by atoms with Gasteiger partial charge in [-0.3, -0.25) is 10.6 Å². The Labute approximate surface area is 183 Å². The van der Waals surface area contributed by atoms with Gasteiger partial charge in [0.1, 0.15) is 23.9 Å². The van der Waals surface area contributed by atoms with Crippen LogP contribution in [0, 0.1) is 0 Å². The summed E-state index contributed by atoms with van der Waals surface area (Å²) in [4.78, 5) is 0. The van der Waals surface area contributed by atoms with Gasteiger partial charge < -0.3 is 15.1 Å². The maximum atomic E-state index is 6.18. The highest BCUT2D eigenvalue weighted by Crippen LogP contribution is 2.30. The van der Waals surface area contributed by atoms with Crippen LogP contribution in [0.5, 0.6) is 0 Å². The summed E-state index contributed by atoms with van der Waals surface area (Å²) < 4.78 is 6.18. The number of hydrogen-bond donors (Lipinski definition) is 4. The number of rotatable bonds is 4. The van der Waals surface area contributed by atoms with Crippen LogP contribution < -0.4 is 21.3 Å². The summed E-state index contributed by atoms with van der Waals surface area (Å²) in [5.41, 5.74) is 4.59. The van der Waals surface area contributed by atoms with E-state index in [1.807, 2.05) is 24.5 Å². The van der Waals surface area contributed by atoms with Crippen LogP contribution in [-0.2, 0) is 0 Å². The molecule has 0 bridgehead atoms. The quantitative estimate of drug-likeness (QED) is 0.496. The standard InChI is InChI=1S/C26H28N4O/c1-2-16-28-25(27-15-1)21-9-5-19(6-10-21)23-13-14-24(31-23)20-7-11-22(12-8-20)26-29-17-3-4-18-30-26/h1,3,5-15,17,25-30H,2,4,16,18H2. The normalized spacial score (nSPS) is 21.0. The van der Waals surface area contributed by atoms with Crippen LogP contribution in [0.3, 0.4) is 0 Å². The highest BCUT2D eigenvalue weighted by molar-refractivity contribution is 5.65. The van der Waals surface area contributed by atoms with Gasteiger partial charge in [-0.2, -0.15) is 0 Å². The van der Waals surface area contributed by atoms with Crippen molar-refractivity contribution in [2.45, 2.75) is 25.2 Å². The molecule has 31 heavy (non-hydrogen) atoms. The molecule has 3 aromatic rings. The van der Waals surface area contributed by atoms with Gasteiger partial charge in [0, 0.05) is 24.2 Å². The predicted molar refractivity (Wildman–Crippen MR) is 125 cm³/mol. The Bertz CT molecular complexity index is 966. The molecule has 4 N–H and O–H groups in total. The summed E-state index contributed by atoms with van der Waals surface area (Å²) in [7, 11) is 0. The Hall–Kier alpha value is -3.28. The van der Waals surface area contributed by atoms with E-state index in [0.29, 0.717) is 0 Å². The molecule has 0 saturated carbocycles. The van der Waals surface area contributed by atoms with Crippen molar-refractivity contribution in [1.82, 2.24) is 21.3 Å². The molecule has 0 radical (unpaired) electrons. The number of benzene rings is 2. The van der Waals surface area contributed by atoms with Gasteiger partial charge in [-0.05, 0) is 48.5 Å². The van der Waals surface area contributed by atoms with Gasteiger partial charge in [-0.15, -0.1) is 0 Å². The molecule has 2 unspecified atom stereocenters. The van der Waals surface area contributed by atoms with Crippen molar-refractivity contribution in [3.05, 3.63) is 96.3 Å². The van der Waals surface area contributed by atoms with Gasteiger partial charge in [0.25, 0.3) is 0 Å². The molecule has 2 aliphatic rings. The minimum Gasteiger partial charge on any atom is -0.456 e. The molecule has 2 atom stereocenters. The minimum absolute atomic E-state index is 0.145.